The molecule has 8 nitrogen and oxygen atoms in total. The largest absolute Gasteiger partial charge is 0.371 e. The van der Waals surface area contributed by atoms with Gasteiger partial charge in [-0.2, -0.15) is 0 Å². The first-order valence-electron chi connectivity index (χ1n) is 11.0. The number of rotatable bonds is 4. The van der Waals surface area contributed by atoms with Crippen LogP contribution < -0.4 is 10.2 Å². The molecular weight excluding hydrogens is 392 g/mol. The quantitative estimate of drug-likeness (QED) is 0.807. The third kappa shape index (κ3) is 4.28. The van der Waals surface area contributed by atoms with Gasteiger partial charge in [-0.1, -0.05) is 6.07 Å². The van der Waals surface area contributed by atoms with E-state index < -0.39 is 6.35 Å². The van der Waals surface area contributed by atoms with E-state index in [9.17, 15) is 4.79 Å². The van der Waals surface area contributed by atoms with E-state index in [-0.39, 0.29) is 18.1 Å². The number of ether oxygens (including phenoxy) is 1. The SMILES string of the molecule is CN1Cc2ccc(N3CCC(OC4NC(c5ccncn5)CC(=O)N4C)CC3)cc2C1. The molecule has 0 radical (unpaired) electrons. The number of nitrogens with one attached hydrogen (secondary N) is 1. The molecule has 2 atom stereocenters. The summed E-state index contributed by atoms with van der Waals surface area (Å²) < 4.78 is 6.36. The average molecular weight is 423 g/mol. The van der Waals surface area contributed by atoms with Crippen LogP contribution in [0.4, 0.5) is 5.69 Å². The molecule has 31 heavy (non-hydrogen) atoms. The van der Waals surface area contributed by atoms with Gasteiger partial charge in [0.2, 0.25) is 5.91 Å². The van der Waals surface area contributed by atoms with Crippen molar-refractivity contribution in [1.82, 2.24) is 25.1 Å². The number of hydrogen-bond acceptors (Lipinski definition) is 7. The topological polar surface area (TPSA) is 73.8 Å². The summed E-state index contributed by atoms with van der Waals surface area (Å²) in [5, 5.41) is 3.45. The van der Waals surface area contributed by atoms with E-state index in [1.54, 1.807) is 18.1 Å². The number of aromatic nitrogens is 2. The van der Waals surface area contributed by atoms with Gasteiger partial charge >= 0.3 is 0 Å². The summed E-state index contributed by atoms with van der Waals surface area (Å²) in [5.41, 5.74) is 5.01. The first-order chi connectivity index (χ1) is 15.1. The molecule has 5 rings (SSSR count). The lowest BCUT2D eigenvalue weighted by Gasteiger charge is -2.41. The van der Waals surface area contributed by atoms with Crippen LogP contribution in [0.3, 0.4) is 0 Å². The highest BCUT2D eigenvalue weighted by Gasteiger charge is 2.35. The number of amides is 1. The fraction of sp³-hybridized carbons (Fsp3) is 0.522. The lowest BCUT2D eigenvalue weighted by molar-refractivity contribution is -0.167. The van der Waals surface area contributed by atoms with Gasteiger partial charge in [0.15, 0.2) is 6.35 Å². The maximum Gasteiger partial charge on any atom is 0.227 e. The minimum atomic E-state index is -0.437. The molecule has 2 aromatic rings. The summed E-state index contributed by atoms with van der Waals surface area (Å²) >= 11 is 0. The van der Waals surface area contributed by atoms with Gasteiger partial charge in [-0.25, -0.2) is 9.97 Å². The van der Waals surface area contributed by atoms with Gasteiger partial charge in [-0.3, -0.25) is 15.0 Å². The molecule has 4 heterocycles. The fourth-order valence-electron chi connectivity index (χ4n) is 4.80. The lowest BCUT2D eigenvalue weighted by Crippen LogP contribution is -2.56. The average Bonchev–Trinajstić information content (AvgIpc) is 3.17. The molecule has 0 spiro atoms. The van der Waals surface area contributed by atoms with Crippen LogP contribution in [0, 0.1) is 0 Å². The van der Waals surface area contributed by atoms with Crippen LogP contribution in [0.2, 0.25) is 0 Å². The standard InChI is InChI=1S/C23H30N6O2/c1-27-13-16-3-4-18(11-17(16)14-27)29-9-6-19(7-10-29)31-23-26-21(12-22(30)28(23)2)20-5-8-24-15-25-20/h3-5,8,11,15,19,21,23,26H,6-7,9-10,12-14H2,1-2H3. The van der Waals surface area contributed by atoms with E-state index >= 15 is 0 Å². The molecule has 164 valence electrons. The normalized spacial score (nSPS) is 25.2. The Morgan fingerprint density at radius 3 is 2.68 bits per heavy atom. The smallest absolute Gasteiger partial charge is 0.227 e. The number of carbonyl (C=O) groups is 1. The van der Waals surface area contributed by atoms with Gasteiger partial charge in [0.25, 0.3) is 0 Å². The van der Waals surface area contributed by atoms with E-state index in [0.29, 0.717) is 6.42 Å². The second kappa shape index (κ2) is 8.53. The van der Waals surface area contributed by atoms with Crippen molar-refractivity contribution in [3.8, 4) is 0 Å². The van der Waals surface area contributed by atoms with E-state index in [0.717, 1.165) is 44.7 Å². The highest BCUT2D eigenvalue weighted by Crippen LogP contribution is 2.29. The monoisotopic (exact) mass is 422 g/mol. The first kappa shape index (κ1) is 20.4. The van der Waals surface area contributed by atoms with E-state index in [4.69, 9.17) is 4.74 Å². The summed E-state index contributed by atoms with van der Waals surface area (Å²) in [4.78, 5) is 27.3. The van der Waals surface area contributed by atoms with Crippen molar-refractivity contribution < 1.29 is 9.53 Å². The van der Waals surface area contributed by atoms with Crippen molar-refractivity contribution >= 4 is 11.6 Å². The number of piperidine rings is 1. The molecule has 2 unspecified atom stereocenters. The molecule has 1 N–H and O–H groups in total. The van der Waals surface area contributed by atoms with Crippen LogP contribution >= 0.6 is 0 Å². The maximum atomic E-state index is 12.5. The fourth-order valence-corrected chi connectivity index (χ4v) is 4.80. The molecule has 0 bridgehead atoms. The third-order valence-electron chi connectivity index (χ3n) is 6.63. The Morgan fingerprint density at radius 2 is 1.90 bits per heavy atom. The zero-order valence-electron chi connectivity index (χ0n) is 18.2. The lowest BCUT2D eigenvalue weighted by atomic mass is 10.0. The Labute approximate surface area is 183 Å². The van der Waals surface area contributed by atoms with E-state index in [1.165, 1.54) is 23.1 Å². The molecule has 2 fully saturated rings. The molecule has 0 saturated carbocycles. The second-order valence-corrected chi connectivity index (χ2v) is 8.86. The Morgan fingerprint density at radius 1 is 1.10 bits per heavy atom. The van der Waals surface area contributed by atoms with Gasteiger partial charge in [-0.05, 0) is 49.2 Å². The van der Waals surface area contributed by atoms with Crippen LogP contribution in [0.5, 0.6) is 0 Å². The van der Waals surface area contributed by atoms with Gasteiger partial charge in [0.1, 0.15) is 6.33 Å². The summed E-state index contributed by atoms with van der Waals surface area (Å²) in [6.07, 6.45) is 5.16. The minimum Gasteiger partial charge on any atom is -0.371 e. The number of hydrogen-bond donors (Lipinski definition) is 1. The molecule has 1 aromatic heterocycles. The van der Waals surface area contributed by atoms with Crippen LogP contribution in [0.25, 0.3) is 0 Å². The molecule has 2 saturated heterocycles. The molecule has 8 heteroatoms. The van der Waals surface area contributed by atoms with Crippen molar-refractivity contribution in [3.63, 3.8) is 0 Å². The van der Waals surface area contributed by atoms with Gasteiger partial charge in [-0.15, -0.1) is 0 Å². The summed E-state index contributed by atoms with van der Waals surface area (Å²) in [7, 11) is 3.96. The Balaban J connectivity index is 1.19. The van der Waals surface area contributed by atoms with E-state index in [2.05, 4.69) is 50.3 Å². The predicted octanol–water partition coefficient (Wildman–Crippen LogP) is 1.88. The molecule has 0 aliphatic carbocycles. The predicted molar refractivity (Wildman–Crippen MR) is 117 cm³/mol. The van der Waals surface area contributed by atoms with Crippen molar-refractivity contribution in [2.24, 2.45) is 0 Å². The number of benzene rings is 1. The number of anilines is 1. The molecule has 3 aliphatic rings. The second-order valence-electron chi connectivity index (χ2n) is 8.86. The Bertz CT molecular complexity index is 931. The Kier molecular flexibility index (Phi) is 5.60. The zero-order chi connectivity index (χ0) is 21.4. The molecule has 1 amide bonds. The maximum absolute atomic E-state index is 12.5. The summed E-state index contributed by atoms with van der Waals surface area (Å²) in [6.45, 7) is 3.99. The number of fused-ring (bicyclic) bond motifs is 1. The summed E-state index contributed by atoms with van der Waals surface area (Å²) in [6, 6.07) is 8.57. The zero-order valence-corrected chi connectivity index (χ0v) is 18.2. The highest BCUT2D eigenvalue weighted by atomic mass is 16.5. The van der Waals surface area contributed by atoms with Crippen molar-refractivity contribution in [1.29, 1.82) is 0 Å². The van der Waals surface area contributed by atoms with Gasteiger partial charge in [0, 0.05) is 51.5 Å². The third-order valence-corrected chi connectivity index (χ3v) is 6.63. The van der Waals surface area contributed by atoms with Crippen LogP contribution in [0.15, 0.2) is 36.8 Å². The van der Waals surface area contributed by atoms with Crippen LogP contribution in [0.1, 0.15) is 42.1 Å². The van der Waals surface area contributed by atoms with Crippen molar-refractivity contribution in [3.05, 3.63) is 53.6 Å². The van der Waals surface area contributed by atoms with Crippen LogP contribution in [-0.4, -0.2) is 65.3 Å². The van der Waals surface area contributed by atoms with E-state index in [1.807, 2.05) is 6.07 Å². The number of nitrogens with zero attached hydrogens (tertiary/aromatic N) is 5. The minimum absolute atomic E-state index is 0.0629. The molecule has 1 aromatic carbocycles. The number of carbonyl (C=O) groups excluding carboxylic acids is 1. The molecular formula is C23H30N6O2. The van der Waals surface area contributed by atoms with Gasteiger partial charge < -0.3 is 14.5 Å². The molecule has 3 aliphatic heterocycles. The first-order valence-corrected chi connectivity index (χ1v) is 11.0. The summed E-state index contributed by atoms with van der Waals surface area (Å²) in [5.74, 6) is 0.0629. The van der Waals surface area contributed by atoms with Crippen LogP contribution in [-0.2, 0) is 22.6 Å². The van der Waals surface area contributed by atoms with Gasteiger partial charge in [0.05, 0.1) is 17.8 Å². The Hall–Kier alpha value is -2.55. The van der Waals surface area contributed by atoms with Crippen molar-refractivity contribution in [2.75, 3.05) is 32.1 Å². The van der Waals surface area contributed by atoms with Crippen molar-refractivity contribution in [2.45, 2.75) is 50.8 Å². The highest BCUT2D eigenvalue weighted by molar-refractivity contribution is 5.77.